The summed E-state index contributed by atoms with van der Waals surface area (Å²) in [6.07, 6.45) is 0. The summed E-state index contributed by atoms with van der Waals surface area (Å²) in [5.74, 6) is 0.726. The van der Waals surface area contributed by atoms with E-state index in [-0.39, 0.29) is 16.7 Å². The number of rotatable bonds is 5. The fourth-order valence-corrected chi connectivity index (χ4v) is 3.85. The highest BCUT2D eigenvalue weighted by Gasteiger charge is 2.19. The largest absolute Gasteiger partial charge is 0.368 e. The molecule has 0 radical (unpaired) electrons. The number of hydrogen-bond acceptors (Lipinski definition) is 7. The van der Waals surface area contributed by atoms with Crippen molar-refractivity contribution < 1.29 is 8.42 Å². The Bertz CT molecular complexity index is 1080. The maximum atomic E-state index is 12.9. The van der Waals surface area contributed by atoms with Crippen LogP contribution in [0.2, 0.25) is 0 Å². The van der Waals surface area contributed by atoms with Crippen molar-refractivity contribution in [3.63, 3.8) is 0 Å². The Labute approximate surface area is 158 Å². The molecule has 0 saturated carbocycles. The second-order valence-corrected chi connectivity index (χ2v) is 7.78. The fourth-order valence-electron chi connectivity index (χ4n) is 2.53. The van der Waals surface area contributed by atoms with E-state index in [0.717, 1.165) is 0 Å². The van der Waals surface area contributed by atoms with Crippen molar-refractivity contribution >= 4 is 27.6 Å². The summed E-state index contributed by atoms with van der Waals surface area (Å²) in [5, 5.41) is 0. The SMILES string of the molecule is Cc1ccccc1S(=O)(=O)Nc1ccccc1-c1nc(N)nc(N(C)C)n1. The smallest absolute Gasteiger partial charge is 0.262 e. The maximum absolute atomic E-state index is 12.9. The van der Waals surface area contributed by atoms with Gasteiger partial charge in [0.25, 0.3) is 10.0 Å². The zero-order valence-electron chi connectivity index (χ0n) is 15.2. The molecule has 0 unspecified atom stereocenters. The lowest BCUT2D eigenvalue weighted by Crippen LogP contribution is -2.17. The standard InChI is InChI=1S/C18H20N6O2S/c1-12-8-4-7-11-15(12)27(25,26)23-14-10-6-5-9-13(14)16-20-17(19)22-18(21-16)24(2)3/h4-11,23H,1-3H3,(H2,19,20,21,22). The average Bonchev–Trinajstić information content (AvgIpc) is 2.61. The van der Waals surface area contributed by atoms with Crippen LogP contribution in [0.1, 0.15) is 5.56 Å². The van der Waals surface area contributed by atoms with Crippen molar-refractivity contribution in [1.29, 1.82) is 0 Å². The first-order valence-electron chi connectivity index (χ1n) is 8.14. The van der Waals surface area contributed by atoms with Gasteiger partial charge in [0, 0.05) is 19.7 Å². The van der Waals surface area contributed by atoms with Gasteiger partial charge in [0.1, 0.15) is 0 Å². The molecule has 140 valence electrons. The van der Waals surface area contributed by atoms with E-state index >= 15 is 0 Å². The predicted octanol–water partition coefficient (Wildman–Crippen LogP) is 2.30. The average molecular weight is 384 g/mol. The van der Waals surface area contributed by atoms with Crippen molar-refractivity contribution in [3.05, 3.63) is 54.1 Å². The number of nitrogens with two attached hydrogens (primary N) is 1. The van der Waals surface area contributed by atoms with E-state index in [1.807, 2.05) is 0 Å². The number of aryl methyl sites for hydroxylation is 1. The summed E-state index contributed by atoms with van der Waals surface area (Å²) in [4.78, 5) is 14.5. The number of aromatic nitrogens is 3. The van der Waals surface area contributed by atoms with Gasteiger partial charge in [-0.05, 0) is 30.7 Å². The highest BCUT2D eigenvalue weighted by molar-refractivity contribution is 7.92. The number of nitrogen functional groups attached to an aromatic ring is 1. The van der Waals surface area contributed by atoms with E-state index < -0.39 is 10.0 Å². The molecular weight excluding hydrogens is 364 g/mol. The molecule has 0 aliphatic carbocycles. The lowest BCUT2D eigenvalue weighted by molar-refractivity contribution is 0.600. The quantitative estimate of drug-likeness (QED) is 0.693. The Balaban J connectivity index is 2.07. The van der Waals surface area contributed by atoms with Gasteiger partial charge in [-0.2, -0.15) is 15.0 Å². The first-order chi connectivity index (χ1) is 12.8. The van der Waals surface area contributed by atoms with E-state index in [9.17, 15) is 8.42 Å². The number of anilines is 3. The number of nitrogens with zero attached hydrogens (tertiary/aromatic N) is 4. The van der Waals surface area contributed by atoms with Crippen LogP contribution in [0.25, 0.3) is 11.4 Å². The van der Waals surface area contributed by atoms with E-state index in [1.165, 1.54) is 0 Å². The second-order valence-electron chi connectivity index (χ2n) is 6.13. The van der Waals surface area contributed by atoms with Gasteiger partial charge in [0.15, 0.2) is 5.82 Å². The predicted molar refractivity (Wildman–Crippen MR) is 106 cm³/mol. The van der Waals surface area contributed by atoms with Crippen molar-refractivity contribution in [2.24, 2.45) is 0 Å². The third-order valence-electron chi connectivity index (χ3n) is 3.84. The summed E-state index contributed by atoms with van der Waals surface area (Å²) < 4.78 is 28.3. The van der Waals surface area contributed by atoms with Gasteiger partial charge in [-0.15, -0.1) is 0 Å². The van der Waals surface area contributed by atoms with E-state index in [0.29, 0.717) is 22.8 Å². The van der Waals surface area contributed by atoms with E-state index in [1.54, 1.807) is 74.4 Å². The minimum absolute atomic E-state index is 0.0558. The minimum atomic E-state index is -3.77. The molecule has 0 saturated heterocycles. The lowest BCUT2D eigenvalue weighted by Gasteiger charge is -2.15. The Kier molecular flexibility index (Phi) is 4.95. The molecule has 2 aromatic carbocycles. The van der Waals surface area contributed by atoms with Crippen LogP contribution in [-0.2, 0) is 10.0 Å². The van der Waals surface area contributed by atoms with Crippen LogP contribution in [0.3, 0.4) is 0 Å². The lowest BCUT2D eigenvalue weighted by atomic mass is 10.2. The molecule has 3 rings (SSSR count). The normalized spacial score (nSPS) is 11.2. The Morgan fingerprint density at radius 1 is 0.963 bits per heavy atom. The monoisotopic (exact) mass is 384 g/mol. The number of para-hydroxylation sites is 1. The van der Waals surface area contributed by atoms with Crippen molar-refractivity contribution in [3.8, 4) is 11.4 Å². The molecule has 3 N–H and O–H groups in total. The first kappa shape index (κ1) is 18.6. The summed E-state index contributed by atoms with van der Waals surface area (Å²) in [6, 6.07) is 13.7. The minimum Gasteiger partial charge on any atom is -0.368 e. The molecule has 8 nitrogen and oxygen atoms in total. The van der Waals surface area contributed by atoms with Gasteiger partial charge < -0.3 is 10.6 Å². The van der Waals surface area contributed by atoms with Crippen LogP contribution >= 0.6 is 0 Å². The van der Waals surface area contributed by atoms with Crippen LogP contribution in [0.5, 0.6) is 0 Å². The van der Waals surface area contributed by atoms with Crippen molar-refractivity contribution in [2.75, 3.05) is 29.5 Å². The Hall–Kier alpha value is -3.20. The van der Waals surface area contributed by atoms with Gasteiger partial charge in [-0.3, -0.25) is 4.72 Å². The topological polar surface area (TPSA) is 114 Å². The van der Waals surface area contributed by atoms with Gasteiger partial charge in [-0.1, -0.05) is 30.3 Å². The summed E-state index contributed by atoms with van der Waals surface area (Å²) >= 11 is 0. The molecule has 9 heteroatoms. The zero-order valence-corrected chi connectivity index (χ0v) is 16.0. The van der Waals surface area contributed by atoms with Crippen molar-refractivity contribution in [1.82, 2.24) is 15.0 Å². The summed E-state index contributed by atoms with van der Waals surface area (Å²) in [5.41, 5.74) is 7.31. The third-order valence-corrected chi connectivity index (χ3v) is 5.36. The number of hydrogen-bond donors (Lipinski definition) is 2. The molecule has 0 aliphatic rings. The molecule has 0 amide bonds. The second kappa shape index (κ2) is 7.20. The summed E-state index contributed by atoms with van der Waals surface area (Å²) in [6.45, 7) is 1.75. The number of benzene rings is 2. The molecule has 1 aromatic heterocycles. The first-order valence-corrected chi connectivity index (χ1v) is 9.63. The highest BCUT2D eigenvalue weighted by Crippen LogP contribution is 2.29. The highest BCUT2D eigenvalue weighted by atomic mass is 32.2. The van der Waals surface area contributed by atoms with Gasteiger partial charge in [0.2, 0.25) is 11.9 Å². The maximum Gasteiger partial charge on any atom is 0.262 e. The molecule has 0 aliphatic heterocycles. The van der Waals surface area contributed by atoms with Crippen LogP contribution in [0.4, 0.5) is 17.6 Å². The van der Waals surface area contributed by atoms with E-state index in [2.05, 4.69) is 19.7 Å². The van der Waals surface area contributed by atoms with Gasteiger partial charge in [-0.25, -0.2) is 8.42 Å². The number of nitrogens with one attached hydrogen (secondary N) is 1. The zero-order chi connectivity index (χ0) is 19.6. The van der Waals surface area contributed by atoms with Crippen LogP contribution in [-0.4, -0.2) is 37.5 Å². The Morgan fingerprint density at radius 3 is 2.33 bits per heavy atom. The van der Waals surface area contributed by atoms with Crippen molar-refractivity contribution in [2.45, 2.75) is 11.8 Å². The number of sulfonamides is 1. The summed E-state index contributed by atoms with van der Waals surface area (Å²) in [7, 11) is -0.208. The van der Waals surface area contributed by atoms with Crippen LogP contribution < -0.4 is 15.4 Å². The van der Waals surface area contributed by atoms with Gasteiger partial charge in [0.05, 0.1) is 10.6 Å². The molecule has 0 bridgehead atoms. The third kappa shape index (κ3) is 3.98. The Morgan fingerprint density at radius 2 is 1.63 bits per heavy atom. The molecule has 1 heterocycles. The van der Waals surface area contributed by atoms with Gasteiger partial charge >= 0.3 is 0 Å². The molecular formula is C18H20N6O2S. The van der Waals surface area contributed by atoms with Crippen LogP contribution in [0, 0.1) is 6.92 Å². The van der Waals surface area contributed by atoms with E-state index in [4.69, 9.17) is 5.73 Å². The molecule has 0 atom stereocenters. The van der Waals surface area contributed by atoms with Crippen LogP contribution in [0.15, 0.2) is 53.4 Å². The molecule has 3 aromatic rings. The fraction of sp³-hybridized carbons (Fsp3) is 0.167. The molecule has 0 spiro atoms. The molecule has 0 fully saturated rings. The molecule has 27 heavy (non-hydrogen) atoms.